The van der Waals surface area contributed by atoms with Crippen molar-refractivity contribution in [2.24, 2.45) is 11.0 Å². The van der Waals surface area contributed by atoms with E-state index in [0.29, 0.717) is 24.6 Å². The molecular formula is C18H27N3O3S. The smallest absolute Gasteiger partial charge is 0.267 e. The van der Waals surface area contributed by atoms with Gasteiger partial charge >= 0.3 is 0 Å². The molecule has 0 radical (unpaired) electrons. The molecule has 1 N–H and O–H groups in total. The van der Waals surface area contributed by atoms with Crippen molar-refractivity contribution in [3.8, 4) is 0 Å². The molecule has 7 heteroatoms. The maximum atomic E-state index is 12.6. The Morgan fingerprint density at radius 2 is 2.00 bits per heavy atom. The molecule has 0 bridgehead atoms. The molecule has 1 aliphatic carbocycles. The molecule has 0 heterocycles. The van der Waals surface area contributed by atoms with Crippen molar-refractivity contribution in [3.63, 3.8) is 0 Å². The van der Waals surface area contributed by atoms with Gasteiger partial charge in [0.05, 0.1) is 4.90 Å². The highest BCUT2D eigenvalue weighted by Gasteiger charge is 2.22. The summed E-state index contributed by atoms with van der Waals surface area (Å²) in [7, 11) is -3.58. The molecule has 1 atom stereocenters. The fourth-order valence-corrected chi connectivity index (χ4v) is 4.54. The first kappa shape index (κ1) is 19.6. The zero-order chi connectivity index (χ0) is 18.4. The third-order valence-electron chi connectivity index (χ3n) is 4.63. The second-order valence-electron chi connectivity index (χ2n) is 6.31. The van der Waals surface area contributed by atoms with Crippen molar-refractivity contribution >= 4 is 21.6 Å². The van der Waals surface area contributed by atoms with Crippen LogP contribution in [0, 0.1) is 5.92 Å². The van der Waals surface area contributed by atoms with Gasteiger partial charge in [-0.15, -0.1) is 0 Å². The molecule has 6 nitrogen and oxygen atoms in total. The summed E-state index contributed by atoms with van der Waals surface area (Å²) in [6.07, 6.45) is 4.28. The van der Waals surface area contributed by atoms with Crippen LogP contribution in [0.3, 0.4) is 0 Å². The Hall–Kier alpha value is -1.73. The highest BCUT2D eigenvalue weighted by atomic mass is 32.2. The topological polar surface area (TPSA) is 78.8 Å². The number of carbonyl (C=O) groups is 1. The first-order valence-electron chi connectivity index (χ1n) is 8.87. The largest absolute Gasteiger partial charge is 0.271 e. The fraction of sp³-hybridized carbons (Fsp3) is 0.556. The zero-order valence-electron chi connectivity index (χ0n) is 15.2. The average molecular weight is 365 g/mol. The van der Waals surface area contributed by atoms with Crippen molar-refractivity contribution in [3.05, 3.63) is 29.8 Å². The standard InChI is InChI=1S/C18H27N3O3S/c1-4-21(5-2)25(23,24)16-11-8-10-15(13-16)18(22)20-19-17-12-7-6-9-14(17)3/h8,10-11,13-14H,4-7,9,12H2,1-3H3,(H,20,22)/b19-17-/t14-/m0/s1. The van der Waals surface area contributed by atoms with Gasteiger partial charge in [0.1, 0.15) is 0 Å². The number of hydrogen-bond acceptors (Lipinski definition) is 4. The molecule has 0 spiro atoms. The van der Waals surface area contributed by atoms with Crippen LogP contribution in [0.5, 0.6) is 0 Å². The van der Waals surface area contributed by atoms with Crippen LogP contribution in [0.25, 0.3) is 0 Å². The highest BCUT2D eigenvalue weighted by molar-refractivity contribution is 7.89. The Labute approximate surface area is 150 Å². The Bertz CT molecular complexity index is 740. The molecule has 1 fully saturated rings. The van der Waals surface area contributed by atoms with Gasteiger partial charge in [0.2, 0.25) is 10.0 Å². The number of amides is 1. The molecule has 1 aromatic rings. The van der Waals surface area contributed by atoms with Gasteiger partial charge in [0, 0.05) is 24.4 Å². The van der Waals surface area contributed by atoms with E-state index in [9.17, 15) is 13.2 Å². The highest BCUT2D eigenvalue weighted by Crippen LogP contribution is 2.21. The molecule has 0 aliphatic heterocycles. The number of hydrogen-bond donors (Lipinski definition) is 1. The van der Waals surface area contributed by atoms with Crippen molar-refractivity contribution in [2.45, 2.75) is 51.3 Å². The second-order valence-corrected chi connectivity index (χ2v) is 8.25. The van der Waals surface area contributed by atoms with E-state index < -0.39 is 10.0 Å². The minimum Gasteiger partial charge on any atom is -0.267 e. The molecule has 1 saturated carbocycles. The minimum absolute atomic E-state index is 0.127. The summed E-state index contributed by atoms with van der Waals surface area (Å²) in [6, 6.07) is 6.11. The quantitative estimate of drug-likeness (QED) is 0.787. The Balaban J connectivity index is 2.18. The Morgan fingerprint density at radius 3 is 2.64 bits per heavy atom. The minimum atomic E-state index is -3.58. The molecule has 138 valence electrons. The molecule has 0 unspecified atom stereocenters. The number of nitrogens with zero attached hydrogens (tertiary/aromatic N) is 2. The van der Waals surface area contributed by atoms with Crippen LogP contribution in [-0.4, -0.2) is 37.4 Å². The number of nitrogens with one attached hydrogen (secondary N) is 1. The number of benzene rings is 1. The van der Waals surface area contributed by atoms with E-state index in [1.165, 1.54) is 22.9 Å². The number of hydrazone groups is 1. The third-order valence-corrected chi connectivity index (χ3v) is 6.68. The lowest BCUT2D eigenvalue weighted by molar-refractivity contribution is 0.0954. The second kappa shape index (κ2) is 8.58. The van der Waals surface area contributed by atoms with Crippen molar-refractivity contribution in [2.75, 3.05) is 13.1 Å². The molecule has 0 aromatic heterocycles. The summed E-state index contributed by atoms with van der Waals surface area (Å²) in [5.41, 5.74) is 3.87. The van der Waals surface area contributed by atoms with Crippen LogP contribution in [0.2, 0.25) is 0 Å². The molecule has 1 aromatic carbocycles. The lowest BCUT2D eigenvalue weighted by Crippen LogP contribution is -2.31. The number of rotatable bonds is 6. The fourth-order valence-electron chi connectivity index (χ4n) is 3.03. The molecule has 0 saturated heterocycles. The van der Waals surface area contributed by atoms with Gasteiger partial charge in [-0.05, 0) is 43.4 Å². The summed E-state index contributed by atoms with van der Waals surface area (Å²) < 4.78 is 26.5. The van der Waals surface area contributed by atoms with Gasteiger partial charge in [-0.1, -0.05) is 33.3 Å². The van der Waals surface area contributed by atoms with Crippen molar-refractivity contribution in [1.82, 2.24) is 9.73 Å². The monoisotopic (exact) mass is 365 g/mol. The summed E-state index contributed by atoms with van der Waals surface area (Å²) >= 11 is 0. The van der Waals surface area contributed by atoms with Gasteiger partial charge < -0.3 is 0 Å². The van der Waals surface area contributed by atoms with Gasteiger partial charge in [0.25, 0.3) is 5.91 Å². The maximum Gasteiger partial charge on any atom is 0.271 e. The van der Waals surface area contributed by atoms with Gasteiger partial charge in [-0.3, -0.25) is 4.79 Å². The Morgan fingerprint density at radius 1 is 1.28 bits per heavy atom. The average Bonchev–Trinajstić information content (AvgIpc) is 2.61. The van der Waals surface area contributed by atoms with Crippen LogP contribution in [0.4, 0.5) is 0 Å². The first-order chi connectivity index (χ1) is 11.9. The normalized spacial score (nSPS) is 20.0. The summed E-state index contributed by atoms with van der Waals surface area (Å²) in [5.74, 6) is -0.00898. The number of carbonyl (C=O) groups excluding carboxylic acids is 1. The van der Waals surface area contributed by atoms with Crippen LogP contribution >= 0.6 is 0 Å². The van der Waals surface area contributed by atoms with Crippen LogP contribution in [0.15, 0.2) is 34.3 Å². The SMILES string of the molecule is CCN(CC)S(=O)(=O)c1cccc(C(=O)N/N=C2/CCCC[C@@H]2C)c1. The lowest BCUT2D eigenvalue weighted by atomic mass is 9.89. The predicted molar refractivity (Wildman–Crippen MR) is 99.1 cm³/mol. The molecule has 2 rings (SSSR count). The summed E-state index contributed by atoms with van der Waals surface area (Å²) in [5, 5.41) is 4.26. The first-order valence-corrected chi connectivity index (χ1v) is 10.3. The maximum absolute atomic E-state index is 12.6. The van der Waals surface area contributed by atoms with Gasteiger partial charge in [-0.25, -0.2) is 13.8 Å². The van der Waals surface area contributed by atoms with E-state index in [2.05, 4.69) is 17.5 Å². The van der Waals surface area contributed by atoms with Crippen LogP contribution < -0.4 is 5.43 Å². The molecule has 1 aliphatic rings. The van der Waals surface area contributed by atoms with Gasteiger partial charge in [-0.2, -0.15) is 9.41 Å². The third kappa shape index (κ3) is 4.67. The molecule has 1 amide bonds. The lowest BCUT2D eigenvalue weighted by Gasteiger charge is -2.20. The molecule has 25 heavy (non-hydrogen) atoms. The number of sulfonamides is 1. The van der Waals surface area contributed by atoms with Gasteiger partial charge in [0.15, 0.2) is 0 Å². The van der Waals surface area contributed by atoms with E-state index in [-0.39, 0.29) is 10.8 Å². The molecular weight excluding hydrogens is 338 g/mol. The Kier molecular flexibility index (Phi) is 6.72. The zero-order valence-corrected chi connectivity index (χ0v) is 16.0. The van der Waals surface area contributed by atoms with E-state index in [1.807, 2.05) is 0 Å². The van der Waals surface area contributed by atoms with E-state index in [4.69, 9.17) is 0 Å². The predicted octanol–water partition coefficient (Wildman–Crippen LogP) is 3.01. The van der Waals surface area contributed by atoms with Crippen molar-refractivity contribution in [1.29, 1.82) is 0 Å². The van der Waals surface area contributed by atoms with Crippen LogP contribution in [-0.2, 0) is 10.0 Å². The summed E-state index contributed by atoms with van der Waals surface area (Å²) in [4.78, 5) is 12.5. The van der Waals surface area contributed by atoms with Crippen molar-refractivity contribution < 1.29 is 13.2 Å². The van der Waals surface area contributed by atoms with E-state index in [1.54, 1.807) is 26.0 Å². The van der Waals surface area contributed by atoms with Crippen LogP contribution in [0.1, 0.15) is 56.8 Å². The van der Waals surface area contributed by atoms with E-state index in [0.717, 1.165) is 25.0 Å². The summed E-state index contributed by atoms with van der Waals surface area (Å²) in [6.45, 7) is 6.47. The van der Waals surface area contributed by atoms with E-state index >= 15 is 0 Å².